The Balaban J connectivity index is 1.63. The largest absolute Gasteiger partial charge is 0.348 e. The molecule has 2 aromatic heterocycles. The molecule has 2 N–H and O–H groups in total. The molecule has 1 fully saturated rings. The summed E-state index contributed by atoms with van der Waals surface area (Å²) >= 11 is 0. The number of nitrogens with one attached hydrogen (secondary N) is 2. The Morgan fingerprint density at radius 3 is 2.71 bits per heavy atom. The number of aromatic amines is 2. The van der Waals surface area contributed by atoms with Gasteiger partial charge in [0, 0.05) is 51.5 Å². The number of likely N-dealkylation sites (N-methyl/N-ethyl adjacent to an activating group) is 1. The maximum absolute atomic E-state index is 12.7. The molecule has 0 spiro atoms. The van der Waals surface area contributed by atoms with E-state index >= 15 is 0 Å². The molecule has 0 radical (unpaired) electrons. The first-order chi connectivity index (χ1) is 13.2. The van der Waals surface area contributed by atoms with Crippen LogP contribution in [0.15, 0.2) is 16.9 Å². The van der Waals surface area contributed by atoms with Gasteiger partial charge < -0.3 is 9.80 Å². The fraction of sp³-hybridized carbons (Fsp3) is 0.579. The number of rotatable bonds is 6. The van der Waals surface area contributed by atoms with Crippen molar-refractivity contribution in [3.05, 3.63) is 39.6 Å². The minimum absolute atomic E-state index is 0.0387. The SMILES string of the molecule is CC(C)c1cc(C(=O)N2CCC(N(C)Cc3cc(=O)[nH]c(N(C)C)n3)C2)n[nH]1. The van der Waals surface area contributed by atoms with E-state index in [0.29, 0.717) is 42.9 Å². The Morgan fingerprint density at radius 1 is 1.32 bits per heavy atom. The molecule has 0 saturated carbocycles. The first-order valence-electron chi connectivity index (χ1n) is 9.57. The predicted octanol–water partition coefficient (Wildman–Crippen LogP) is 1.03. The number of nitrogens with zero attached hydrogens (tertiary/aromatic N) is 5. The van der Waals surface area contributed by atoms with Crippen LogP contribution >= 0.6 is 0 Å². The van der Waals surface area contributed by atoms with Crippen LogP contribution in [0.4, 0.5) is 5.95 Å². The zero-order valence-electron chi connectivity index (χ0n) is 17.2. The van der Waals surface area contributed by atoms with E-state index in [1.807, 2.05) is 32.1 Å². The summed E-state index contributed by atoms with van der Waals surface area (Å²) in [6, 6.07) is 3.59. The number of aromatic nitrogens is 4. The lowest BCUT2D eigenvalue weighted by Crippen LogP contribution is -2.36. The normalized spacial score (nSPS) is 17.0. The number of hydrogen-bond donors (Lipinski definition) is 2. The highest BCUT2D eigenvalue weighted by molar-refractivity contribution is 5.92. The molecule has 1 aliphatic heterocycles. The summed E-state index contributed by atoms with van der Waals surface area (Å²) < 4.78 is 0. The zero-order chi connectivity index (χ0) is 20.4. The van der Waals surface area contributed by atoms with Crippen molar-refractivity contribution in [3.63, 3.8) is 0 Å². The third-order valence-electron chi connectivity index (χ3n) is 5.13. The van der Waals surface area contributed by atoms with Crippen LogP contribution in [-0.2, 0) is 6.54 Å². The number of carbonyl (C=O) groups is 1. The molecular weight excluding hydrogens is 358 g/mol. The Bertz CT molecular complexity index is 886. The summed E-state index contributed by atoms with van der Waals surface area (Å²) in [6.07, 6.45) is 0.882. The van der Waals surface area contributed by atoms with Crippen molar-refractivity contribution < 1.29 is 4.79 Å². The summed E-state index contributed by atoms with van der Waals surface area (Å²) in [7, 11) is 5.68. The minimum atomic E-state index is -0.162. The van der Waals surface area contributed by atoms with E-state index in [-0.39, 0.29) is 17.5 Å². The van der Waals surface area contributed by atoms with Crippen LogP contribution in [0.3, 0.4) is 0 Å². The lowest BCUT2D eigenvalue weighted by molar-refractivity contribution is 0.0773. The van der Waals surface area contributed by atoms with Gasteiger partial charge in [-0.15, -0.1) is 0 Å². The molecule has 9 nitrogen and oxygen atoms in total. The van der Waals surface area contributed by atoms with E-state index < -0.39 is 0 Å². The van der Waals surface area contributed by atoms with Gasteiger partial charge in [-0.3, -0.25) is 24.6 Å². The molecule has 2 aromatic rings. The predicted molar refractivity (Wildman–Crippen MR) is 108 cm³/mol. The maximum Gasteiger partial charge on any atom is 0.274 e. The van der Waals surface area contributed by atoms with Crippen LogP contribution < -0.4 is 10.5 Å². The van der Waals surface area contributed by atoms with Crippen LogP contribution in [0.2, 0.25) is 0 Å². The smallest absolute Gasteiger partial charge is 0.274 e. The van der Waals surface area contributed by atoms with Crippen molar-refractivity contribution in [3.8, 4) is 0 Å². The van der Waals surface area contributed by atoms with E-state index in [2.05, 4.69) is 38.9 Å². The van der Waals surface area contributed by atoms with E-state index in [9.17, 15) is 9.59 Å². The molecule has 3 rings (SSSR count). The molecule has 0 aromatic carbocycles. The van der Waals surface area contributed by atoms with E-state index in [1.165, 1.54) is 6.07 Å². The number of carbonyl (C=O) groups excluding carboxylic acids is 1. The second-order valence-electron chi connectivity index (χ2n) is 7.93. The van der Waals surface area contributed by atoms with E-state index in [1.54, 1.807) is 4.90 Å². The number of H-pyrrole nitrogens is 2. The standard InChI is InChI=1S/C19H29N7O2/c1-12(2)15-9-16(23-22-15)18(28)26-7-6-14(11-26)25(5)10-13-8-17(27)21-19(20-13)24(3)4/h8-9,12,14H,6-7,10-11H2,1-5H3,(H,22,23)(H,20,21,27). The third-order valence-corrected chi connectivity index (χ3v) is 5.13. The first kappa shape index (κ1) is 20.1. The fourth-order valence-corrected chi connectivity index (χ4v) is 3.36. The monoisotopic (exact) mass is 387 g/mol. The lowest BCUT2D eigenvalue weighted by atomic mass is 10.1. The highest BCUT2D eigenvalue weighted by Crippen LogP contribution is 2.19. The summed E-state index contributed by atoms with van der Waals surface area (Å²) in [5, 5.41) is 7.12. The van der Waals surface area contributed by atoms with Crippen LogP contribution in [0.5, 0.6) is 0 Å². The maximum atomic E-state index is 12.7. The van der Waals surface area contributed by atoms with E-state index in [0.717, 1.165) is 12.1 Å². The Hall–Kier alpha value is -2.68. The Kier molecular flexibility index (Phi) is 5.83. The van der Waals surface area contributed by atoms with Gasteiger partial charge in [-0.05, 0) is 25.5 Å². The van der Waals surface area contributed by atoms with Gasteiger partial charge in [0.1, 0.15) is 5.69 Å². The summed E-state index contributed by atoms with van der Waals surface area (Å²) in [5.74, 6) is 0.807. The van der Waals surface area contributed by atoms with Crippen LogP contribution in [-0.4, -0.2) is 76.1 Å². The number of hydrogen-bond acceptors (Lipinski definition) is 6. The van der Waals surface area contributed by atoms with Gasteiger partial charge in [0.25, 0.3) is 11.5 Å². The molecular formula is C19H29N7O2. The highest BCUT2D eigenvalue weighted by atomic mass is 16.2. The number of anilines is 1. The molecule has 0 bridgehead atoms. The van der Waals surface area contributed by atoms with Gasteiger partial charge >= 0.3 is 0 Å². The Labute approximate surface area is 164 Å². The van der Waals surface area contributed by atoms with E-state index in [4.69, 9.17) is 0 Å². The third kappa shape index (κ3) is 4.41. The van der Waals surface area contributed by atoms with Gasteiger partial charge in [0.05, 0.1) is 5.69 Å². The first-order valence-corrected chi connectivity index (χ1v) is 9.57. The molecule has 0 aliphatic carbocycles. The zero-order valence-corrected chi connectivity index (χ0v) is 17.2. The highest BCUT2D eigenvalue weighted by Gasteiger charge is 2.30. The van der Waals surface area contributed by atoms with Crippen LogP contribution in [0.25, 0.3) is 0 Å². The second kappa shape index (κ2) is 8.14. The minimum Gasteiger partial charge on any atom is -0.348 e. The summed E-state index contributed by atoms with van der Waals surface area (Å²) in [4.78, 5) is 37.6. The molecule has 1 amide bonds. The molecule has 1 unspecified atom stereocenters. The van der Waals surface area contributed by atoms with Crippen molar-refractivity contribution in [2.24, 2.45) is 0 Å². The molecule has 1 aliphatic rings. The van der Waals surface area contributed by atoms with Gasteiger partial charge in [-0.1, -0.05) is 13.8 Å². The van der Waals surface area contributed by atoms with Gasteiger partial charge in [0.2, 0.25) is 5.95 Å². The van der Waals surface area contributed by atoms with Crippen LogP contribution in [0, 0.1) is 0 Å². The molecule has 28 heavy (non-hydrogen) atoms. The number of amides is 1. The fourth-order valence-electron chi connectivity index (χ4n) is 3.36. The topological polar surface area (TPSA) is 101 Å². The van der Waals surface area contributed by atoms with Crippen molar-refractivity contribution in [1.82, 2.24) is 30.0 Å². The average molecular weight is 387 g/mol. The summed E-state index contributed by atoms with van der Waals surface area (Å²) in [6.45, 7) is 6.02. The quantitative estimate of drug-likeness (QED) is 0.768. The molecule has 152 valence electrons. The van der Waals surface area contributed by atoms with Gasteiger partial charge in [0.15, 0.2) is 0 Å². The molecule has 1 atom stereocenters. The number of likely N-dealkylation sites (tertiary alicyclic amines) is 1. The van der Waals surface area contributed by atoms with Gasteiger partial charge in [-0.2, -0.15) is 5.10 Å². The summed E-state index contributed by atoms with van der Waals surface area (Å²) in [5.41, 5.74) is 1.99. The second-order valence-corrected chi connectivity index (χ2v) is 7.93. The molecule has 3 heterocycles. The molecule has 9 heteroatoms. The van der Waals surface area contributed by atoms with Crippen LogP contribution in [0.1, 0.15) is 48.1 Å². The Morgan fingerprint density at radius 2 is 2.07 bits per heavy atom. The van der Waals surface area contributed by atoms with Crippen molar-refractivity contribution in [2.45, 2.75) is 38.8 Å². The van der Waals surface area contributed by atoms with Crippen molar-refractivity contribution in [2.75, 3.05) is 39.1 Å². The molecule has 1 saturated heterocycles. The van der Waals surface area contributed by atoms with Crippen molar-refractivity contribution >= 4 is 11.9 Å². The average Bonchev–Trinajstić information content (AvgIpc) is 3.30. The van der Waals surface area contributed by atoms with Gasteiger partial charge in [-0.25, -0.2) is 4.98 Å². The van der Waals surface area contributed by atoms with Crippen molar-refractivity contribution in [1.29, 1.82) is 0 Å². The lowest BCUT2D eigenvalue weighted by Gasteiger charge is -2.24.